The van der Waals surface area contributed by atoms with Crippen molar-refractivity contribution in [2.45, 2.75) is 38.8 Å². The van der Waals surface area contributed by atoms with Gasteiger partial charge in [0.2, 0.25) is 6.29 Å². The van der Waals surface area contributed by atoms with Crippen molar-refractivity contribution in [2.24, 2.45) is 0 Å². The minimum absolute atomic E-state index is 0.114. The van der Waals surface area contributed by atoms with Gasteiger partial charge in [-0.2, -0.15) is 5.10 Å². The molecular formula is C25H31N3O5P+. The van der Waals surface area contributed by atoms with E-state index in [0.717, 1.165) is 6.42 Å². The van der Waals surface area contributed by atoms with Crippen LogP contribution < -0.4 is 14.8 Å². The maximum absolute atomic E-state index is 13.0. The van der Waals surface area contributed by atoms with Crippen molar-refractivity contribution in [1.82, 2.24) is 9.78 Å². The number of rotatable bonds is 12. The van der Waals surface area contributed by atoms with Crippen molar-refractivity contribution in [3.63, 3.8) is 0 Å². The number of amides is 1. The molecule has 180 valence electrons. The summed E-state index contributed by atoms with van der Waals surface area (Å²) in [5, 5.41) is 7.03. The zero-order chi connectivity index (χ0) is 24.5. The number of carbonyl (C=O) groups is 1. The van der Waals surface area contributed by atoms with Crippen LogP contribution in [0.4, 0.5) is 5.82 Å². The predicted molar refractivity (Wildman–Crippen MR) is 132 cm³/mol. The third-order valence-electron chi connectivity index (χ3n) is 4.81. The largest absolute Gasteiger partial charge is 0.490 e. The molecule has 9 heteroatoms. The van der Waals surface area contributed by atoms with Crippen LogP contribution in [0.5, 0.6) is 11.5 Å². The summed E-state index contributed by atoms with van der Waals surface area (Å²) >= 11 is 0. The normalized spacial score (nSPS) is 13.1. The topological polar surface area (TPSA) is 91.7 Å². The molecule has 0 bridgehead atoms. The van der Waals surface area contributed by atoms with Gasteiger partial charge in [0.15, 0.2) is 5.82 Å². The van der Waals surface area contributed by atoms with Crippen molar-refractivity contribution in [3.05, 3.63) is 71.9 Å². The van der Waals surface area contributed by atoms with Gasteiger partial charge in [0.1, 0.15) is 24.3 Å². The molecule has 0 saturated carbocycles. The number of benzene rings is 2. The van der Waals surface area contributed by atoms with Crippen LogP contribution in [-0.4, -0.2) is 48.3 Å². The molecule has 3 aromatic rings. The highest BCUT2D eigenvalue weighted by Crippen LogP contribution is 2.26. The van der Waals surface area contributed by atoms with Gasteiger partial charge in [-0.1, -0.05) is 34.9 Å². The molecule has 0 spiro atoms. The number of methoxy groups -OCH3 is 1. The summed E-state index contributed by atoms with van der Waals surface area (Å²) < 4.78 is 30.2. The molecule has 1 aromatic heterocycles. The van der Waals surface area contributed by atoms with Crippen LogP contribution in [0.3, 0.4) is 0 Å². The zero-order valence-electron chi connectivity index (χ0n) is 19.9. The van der Waals surface area contributed by atoms with E-state index in [2.05, 4.69) is 22.5 Å². The zero-order valence-corrected chi connectivity index (χ0v) is 20.8. The molecular weight excluding hydrogens is 453 g/mol. The van der Waals surface area contributed by atoms with E-state index >= 15 is 0 Å². The second-order valence-corrected chi connectivity index (χ2v) is 9.70. The van der Waals surface area contributed by atoms with Gasteiger partial charge in [0.25, 0.3) is 5.91 Å². The summed E-state index contributed by atoms with van der Waals surface area (Å²) in [5.41, 5.74) is 1.54. The van der Waals surface area contributed by atoms with Crippen molar-refractivity contribution in [2.75, 3.05) is 25.7 Å². The molecule has 0 aliphatic heterocycles. The van der Waals surface area contributed by atoms with Crippen molar-refractivity contribution in [1.29, 1.82) is 0 Å². The number of ether oxygens (including phenoxy) is 3. The predicted octanol–water partition coefficient (Wildman–Crippen LogP) is 4.97. The van der Waals surface area contributed by atoms with E-state index < -0.39 is 7.80 Å². The van der Waals surface area contributed by atoms with E-state index in [0.29, 0.717) is 35.8 Å². The van der Waals surface area contributed by atoms with Crippen molar-refractivity contribution in [3.8, 4) is 11.5 Å². The van der Waals surface area contributed by atoms with Crippen LogP contribution in [0.15, 0.2) is 60.8 Å². The Morgan fingerprint density at radius 3 is 2.38 bits per heavy atom. The Kier molecular flexibility index (Phi) is 9.19. The number of carbonyl (C=O) groups excluding carboxylic acids is 1. The number of nitrogens with one attached hydrogen (secondary N) is 1. The fourth-order valence-corrected chi connectivity index (χ4v) is 4.03. The van der Waals surface area contributed by atoms with E-state index in [1.54, 1.807) is 48.9 Å². The van der Waals surface area contributed by atoms with Crippen LogP contribution in [-0.2, 0) is 22.0 Å². The summed E-state index contributed by atoms with van der Waals surface area (Å²) in [6, 6.07) is 16.9. The number of anilines is 1. The first-order valence-electron chi connectivity index (χ1n) is 11.1. The van der Waals surface area contributed by atoms with Gasteiger partial charge in [-0.3, -0.25) is 4.79 Å². The standard InChI is InChI=1S/C25H30N3O5P/c1-18(12-20-8-6-5-7-9-20)32-22-13-21(14-23(15-22)33-19(2)16-31-3)25(29)26-24-10-11-28(27-24)17-34(4)30/h5-11,13-15,18-19H,12,16-17H2,1-4H3/p+1. The molecule has 3 atom stereocenters. The van der Waals surface area contributed by atoms with E-state index in [1.165, 1.54) is 5.56 Å². The van der Waals surface area contributed by atoms with Gasteiger partial charge in [0, 0.05) is 37.4 Å². The lowest BCUT2D eigenvalue weighted by molar-refractivity contribution is 0.0913. The summed E-state index contributed by atoms with van der Waals surface area (Å²) in [5.74, 6) is 1.06. The van der Waals surface area contributed by atoms with Crippen LogP contribution >= 0.6 is 7.80 Å². The Morgan fingerprint density at radius 2 is 1.74 bits per heavy atom. The first-order valence-corrected chi connectivity index (χ1v) is 13.0. The Bertz CT molecular complexity index is 1100. The van der Waals surface area contributed by atoms with Gasteiger partial charge < -0.3 is 19.5 Å². The minimum Gasteiger partial charge on any atom is -0.490 e. The first-order chi connectivity index (χ1) is 16.3. The van der Waals surface area contributed by atoms with E-state index in [-0.39, 0.29) is 18.1 Å². The Hall–Kier alpha value is -3.22. The summed E-state index contributed by atoms with van der Waals surface area (Å²) in [6.45, 7) is 5.92. The number of hydrogen-bond donors (Lipinski definition) is 1. The lowest BCUT2D eigenvalue weighted by Crippen LogP contribution is -2.20. The van der Waals surface area contributed by atoms with Crippen molar-refractivity contribution < 1.29 is 23.6 Å². The lowest BCUT2D eigenvalue weighted by atomic mass is 10.1. The highest BCUT2D eigenvalue weighted by atomic mass is 31.1. The number of nitrogens with zero attached hydrogens (tertiary/aromatic N) is 2. The molecule has 0 fully saturated rings. The fraction of sp³-hybridized carbons (Fsp3) is 0.360. The Labute approximate surface area is 201 Å². The second kappa shape index (κ2) is 12.3. The fourth-order valence-electron chi connectivity index (χ4n) is 3.46. The van der Waals surface area contributed by atoms with E-state index in [1.807, 2.05) is 32.0 Å². The van der Waals surface area contributed by atoms with Crippen LogP contribution in [0.25, 0.3) is 0 Å². The average Bonchev–Trinajstić information content (AvgIpc) is 3.20. The molecule has 0 saturated heterocycles. The molecule has 0 aliphatic carbocycles. The van der Waals surface area contributed by atoms with E-state index in [4.69, 9.17) is 14.2 Å². The molecule has 3 rings (SSSR count). The van der Waals surface area contributed by atoms with E-state index in [9.17, 15) is 9.36 Å². The molecule has 34 heavy (non-hydrogen) atoms. The summed E-state index contributed by atoms with van der Waals surface area (Å²) in [6.07, 6.45) is 2.38. The maximum Gasteiger partial charge on any atom is 0.358 e. The van der Waals surface area contributed by atoms with Crippen LogP contribution in [0.2, 0.25) is 0 Å². The molecule has 2 aromatic carbocycles. The van der Waals surface area contributed by atoms with Gasteiger partial charge >= 0.3 is 7.80 Å². The maximum atomic E-state index is 13.0. The molecule has 0 aliphatic rings. The lowest BCUT2D eigenvalue weighted by Gasteiger charge is -2.19. The van der Waals surface area contributed by atoms with Gasteiger partial charge in [-0.25, -0.2) is 4.68 Å². The molecule has 8 nitrogen and oxygen atoms in total. The first kappa shape index (κ1) is 25.4. The highest BCUT2D eigenvalue weighted by molar-refractivity contribution is 7.42. The Morgan fingerprint density at radius 1 is 1.06 bits per heavy atom. The molecule has 1 amide bonds. The third-order valence-corrected chi connectivity index (χ3v) is 5.50. The molecule has 1 heterocycles. The van der Waals surface area contributed by atoms with Crippen molar-refractivity contribution >= 4 is 19.5 Å². The number of hydrogen-bond acceptors (Lipinski definition) is 6. The van der Waals surface area contributed by atoms with Gasteiger partial charge in [-0.15, -0.1) is 0 Å². The Balaban J connectivity index is 1.77. The third kappa shape index (κ3) is 7.97. The monoisotopic (exact) mass is 484 g/mol. The van der Waals surface area contributed by atoms with Crippen LogP contribution in [0, 0.1) is 0 Å². The average molecular weight is 485 g/mol. The summed E-state index contributed by atoms with van der Waals surface area (Å²) in [4.78, 5) is 13.0. The van der Waals surface area contributed by atoms with Gasteiger partial charge in [0.05, 0.1) is 12.7 Å². The highest BCUT2D eigenvalue weighted by Gasteiger charge is 2.16. The van der Waals surface area contributed by atoms with Crippen LogP contribution in [0.1, 0.15) is 29.8 Å². The molecule has 3 unspecified atom stereocenters. The SMILES string of the molecule is COCC(C)Oc1cc(OC(C)Cc2ccccc2)cc(C(=O)Nc2ccn(C[P+](C)=O)n2)c1. The smallest absolute Gasteiger partial charge is 0.358 e. The molecule has 0 radical (unpaired) electrons. The molecule has 1 N–H and O–H groups in total. The number of aromatic nitrogens is 2. The minimum atomic E-state index is -1.38. The quantitative estimate of drug-likeness (QED) is 0.365. The summed E-state index contributed by atoms with van der Waals surface area (Å²) in [7, 11) is 0.228. The second-order valence-electron chi connectivity index (χ2n) is 8.16. The van der Waals surface area contributed by atoms with Gasteiger partial charge in [-0.05, 0) is 31.5 Å².